The predicted molar refractivity (Wildman–Crippen MR) is 76.6 cm³/mol. The van der Waals surface area contributed by atoms with Crippen LogP contribution in [0.15, 0.2) is 27.8 Å². The van der Waals surface area contributed by atoms with Crippen LogP contribution in [0.3, 0.4) is 0 Å². The smallest absolute Gasteiger partial charge is 0.296 e. The molecule has 0 aliphatic carbocycles. The van der Waals surface area contributed by atoms with Gasteiger partial charge >= 0.3 is 0 Å². The molecule has 0 fully saturated rings. The van der Waals surface area contributed by atoms with Crippen LogP contribution < -0.4 is 0 Å². The second-order valence-electron chi connectivity index (χ2n) is 4.01. The SMILES string of the molecule is CCn1c(-c2cc(C)cc(Br)c2)nnc1S(=O)(=O)Cl. The van der Waals surface area contributed by atoms with Crippen molar-refractivity contribution in [2.24, 2.45) is 0 Å². The maximum atomic E-state index is 11.4. The van der Waals surface area contributed by atoms with Gasteiger partial charge in [0.25, 0.3) is 14.2 Å². The van der Waals surface area contributed by atoms with Crippen LogP contribution in [0.2, 0.25) is 0 Å². The maximum absolute atomic E-state index is 11.4. The Morgan fingerprint density at radius 1 is 1.32 bits per heavy atom. The lowest BCUT2D eigenvalue weighted by atomic mass is 10.1. The molecular weight excluding hydrogens is 354 g/mol. The molecule has 1 aromatic heterocycles. The summed E-state index contributed by atoms with van der Waals surface area (Å²) in [6.07, 6.45) is 0. The predicted octanol–water partition coefficient (Wildman–Crippen LogP) is 2.96. The van der Waals surface area contributed by atoms with Gasteiger partial charge in [-0.15, -0.1) is 10.2 Å². The van der Waals surface area contributed by atoms with Crippen LogP contribution in [0, 0.1) is 6.92 Å². The Hall–Kier alpha value is -0.920. The Morgan fingerprint density at radius 3 is 2.53 bits per heavy atom. The van der Waals surface area contributed by atoms with Crippen LogP contribution in [0.4, 0.5) is 0 Å². The highest BCUT2D eigenvalue weighted by atomic mass is 79.9. The van der Waals surface area contributed by atoms with Crippen molar-refractivity contribution >= 4 is 35.7 Å². The molecule has 0 N–H and O–H groups in total. The van der Waals surface area contributed by atoms with Crippen molar-refractivity contribution in [1.29, 1.82) is 0 Å². The van der Waals surface area contributed by atoms with Crippen molar-refractivity contribution in [3.63, 3.8) is 0 Å². The molecule has 2 rings (SSSR count). The second-order valence-corrected chi connectivity index (χ2v) is 7.38. The average molecular weight is 365 g/mol. The Kier molecular flexibility index (Phi) is 3.98. The van der Waals surface area contributed by atoms with Crippen LogP contribution in [0.5, 0.6) is 0 Å². The molecule has 0 saturated heterocycles. The molecule has 1 aromatic carbocycles. The zero-order valence-corrected chi connectivity index (χ0v) is 13.4. The summed E-state index contributed by atoms with van der Waals surface area (Å²) in [7, 11) is 1.44. The largest absolute Gasteiger partial charge is 0.297 e. The third-order valence-electron chi connectivity index (χ3n) is 2.55. The van der Waals surface area contributed by atoms with E-state index in [0.29, 0.717) is 12.4 Å². The summed E-state index contributed by atoms with van der Waals surface area (Å²) in [6, 6.07) is 5.72. The van der Waals surface area contributed by atoms with E-state index in [1.54, 1.807) is 0 Å². The first-order chi connectivity index (χ1) is 8.82. The molecule has 0 unspecified atom stereocenters. The molecule has 0 saturated carbocycles. The van der Waals surface area contributed by atoms with E-state index in [0.717, 1.165) is 15.6 Å². The highest BCUT2D eigenvalue weighted by Crippen LogP contribution is 2.26. The number of aromatic nitrogens is 3. The van der Waals surface area contributed by atoms with E-state index in [9.17, 15) is 8.42 Å². The zero-order valence-electron chi connectivity index (χ0n) is 10.3. The molecule has 102 valence electrons. The molecule has 0 atom stereocenters. The van der Waals surface area contributed by atoms with Crippen LogP contribution >= 0.6 is 26.6 Å². The topological polar surface area (TPSA) is 64.8 Å². The van der Waals surface area contributed by atoms with E-state index in [-0.39, 0.29) is 5.16 Å². The van der Waals surface area contributed by atoms with Crippen LogP contribution in [-0.2, 0) is 15.6 Å². The van der Waals surface area contributed by atoms with Gasteiger partial charge in [-0.3, -0.25) is 4.57 Å². The van der Waals surface area contributed by atoms with Gasteiger partial charge in [-0.05, 0) is 37.6 Å². The number of hydrogen-bond acceptors (Lipinski definition) is 4. The highest BCUT2D eigenvalue weighted by Gasteiger charge is 2.22. The minimum atomic E-state index is -3.90. The number of rotatable bonds is 3. The molecule has 0 spiro atoms. The number of hydrogen-bond donors (Lipinski definition) is 0. The number of halogens is 2. The molecule has 1 heterocycles. The lowest BCUT2D eigenvalue weighted by Gasteiger charge is -2.07. The molecule has 0 aliphatic heterocycles. The number of aryl methyl sites for hydroxylation is 1. The van der Waals surface area contributed by atoms with Crippen molar-refractivity contribution in [2.45, 2.75) is 25.5 Å². The monoisotopic (exact) mass is 363 g/mol. The molecule has 5 nitrogen and oxygen atoms in total. The standard InChI is InChI=1S/C11H11BrClN3O2S/c1-3-16-10(14-15-11(16)19(13,17)18)8-4-7(2)5-9(12)6-8/h4-6H,3H2,1-2H3. The van der Waals surface area contributed by atoms with E-state index < -0.39 is 9.05 Å². The Bertz CT molecular complexity index is 707. The van der Waals surface area contributed by atoms with Gasteiger partial charge in [-0.25, -0.2) is 8.42 Å². The summed E-state index contributed by atoms with van der Waals surface area (Å²) in [6.45, 7) is 4.17. The van der Waals surface area contributed by atoms with Crippen LogP contribution in [0.1, 0.15) is 12.5 Å². The first-order valence-electron chi connectivity index (χ1n) is 5.48. The Labute approximate surface area is 124 Å². The van der Waals surface area contributed by atoms with Crippen molar-refractivity contribution in [1.82, 2.24) is 14.8 Å². The normalized spacial score (nSPS) is 11.8. The Morgan fingerprint density at radius 2 is 2.00 bits per heavy atom. The second kappa shape index (κ2) is 5.22. The molecule has 19 heavy (non-hydrogen) atoms. The van der Waals surface area contributed by atoms with Crippen molar-refractivity contribution in [2.75, 3.05) is 0 Å². The summed E-state index contributed by atoms with van der Waals surface area (Å²) in [5, 5.41) is 7.37. The lowest BCUT2D eigenvalue weighted by Crippen LogP contribution is -2.06. The van der Waals surface area contributed by atoms with Crippen molar-refractivity contribution < 1.29 is 8.42 Å². The number of nitrogens with zero attached hydrogens (tertiary/aromatic N) is 3. The zero-order chi connectivity index (χ0) is 14.2. The summed E-state index contributed by atoms with van der Waals surface area (Å²) in [5.74, 6) is 0.478. The minimum Gasteiger partial charge on any atom is -0.297 e. The molecule has 0 bridgehead atoms. The van der Waals surface area contributed by atoms with Crippen molar-refractivity contribution in [3.8, 4) is 11.4 Å². The molecule has 2 aromatic rings. The van der Waals surface area contributed by atoms with E-state index in [2.05, 4.69) is 26.1 Å². The lowest BCUT2D eigenvalue weighted by molar-refractivity contribution is 0.583. The molecule has 0 radical (unpaired) electrons. The van der Waals surface area contributed by atoms with E-state index in [1.165, 1.54) is 4.57 Å². The summed E-state index contributed by atoms with van der Waals surface area (Å²) >= 11 is 3.40. The van der Waals surface area contributed by atoms with Gasteiger partial charge in [0.2, 0.25) is 0 Å². The maximum Gasteiger partial charge on any atom is 0.296 e. The van der Waals surface area contributed by atoms with E-state index in [4.69, 9.17) is 10.7 Å². The highest BCUT2D eigenvalue weighted by molar-refractivity contribution is 9.10. The van der Waals surface area contributed by atoms with Gasteiger partial charge < -0.3 is 0 Å². The van der Waals surface area contributed by atoms with Gasteiger partial charge in [-0.2, -0.15) is 0 Å². The average Bonchev–Trinajstić information content (AvgIpc) is 2.70. The van der Waals surface area contributed by atoms with Gasteiger partial charge in [0.1, 0.15) is 0 Å². The van der Waals surface area contributed by atoms with E-state index >= 15 is 0 Å². The summed E-state index contributed by atoms with van der Waals surface area (Å²) in [4.78, 5) is 0. The fourth-order valence-corrected chi connectivity index (χ4v) is 3.40. The van der Waals surface area contributed by atoms with Crippen LogP contribution in [-0.4, -0.2) is 23.2 Å². The van der Waals surface area contributed by atoms with Gasteiger partial charge in [0.15, 0.2) is 5.82 Å². The van der Waals surface area contributed by atoms with E-state index in [1.807, 2.05) is 32.0 Å². The fourth-order valence-electron chi connectivity index (χ4n) is 1.83. The third kappa shape index (κ3) is 2.98. The third-order valence-corrected chi connectivity index (χ3v) is 4.16. The van der Waals surface area contributed by atoms with Crippen molar-refractivity contribution in [3.05, 3.63) is 28.2 Å². The van der Waals surface area contributed by atoms with Crippen LogP contribution in [0.25, 0.3) is 11.4 Å². The molecule has 0 amide bonds. The first kappa shape index (κ1) is 14.5. The minimum absolute atomic E-state index is 0.232. The molecule has 8 heteroatoms. The molecular formula is C11H11BrClN3O2S. The Balaban J connectivity index is 2.67. The summed E-state index contributed by atoms with van der Waals surface area (Å²) < 4.78 is 25.2. The first-order valence-corrected chi connectivity index (χ1v) is 8.58. The van der Waals surface area contributed by atoms with Gasteiger partial charge in [0.05, 0.1) is 0 Å². The fraction of sp³-hybridized carbons (Fsp3) is 0.273. The quantitative estimate of drug-likeness (QED) is 0.785. The molecule has 0 aliphatic rings. The number of benzene rings is 1. The summed E-state index contributed by atoms with van der Waals surface area (Å²) in [5.41, 5.74) is 1.82. The van der Waals surface area contributed by atoms with Gasteiger partial charge in [-0.1, -0.05) is 15.9 Å². The van der Waals surface area contributed by atoms with Gasteiger partial charge in [0, 0.05) is 27.3 Å².